The van der Waals surface area contributed by atoms with Crippen LogP contribution in [0.15, 0.2) is 65.6 Å². The fourth-order valence-corrected chi connectivity index (χ4v) is 4.45. The Morgan fingerprint density at radius 2 is 1.72 bits per heavy atom. The van der Waals surface area contributed by atoms with E-state index in [-0.39, 0.29) is 11.2 Å². The zero-order chi connectivity index (χ0) is 17.1. The number of anilines is 1. The predicted molar refractivity (Wildman–Crippen MR) is 102 cm³/mol. The highest BCUT2D eigenvalue weighted by atomic mass is 32.2. The van der Waals surface area contributed by atoms with Gasteiger partial charge in [-0.05, 0) is 30.5 Å². The lowest BCUT2D eigenvalue weighted by molar-refractivity contribution is -0.115. The molecule has 1 fully saturated rings. The minimum Gasteiger partial charge on any atom is -0.299 e. The van der Waals surface area contributed by atoms with Gasteiger partial charge in [0.2, 0.25) is 11.0 Å². The Bertz CT molecular complexity index is 847. The summed E-state index contributed by atoms with van der Waals surface area (Å²) in [7, 11) is 0. The van der Waals surface area contributed by atoms with Gasteiger partial charge in [-0.25, -0.2) is 0 Å². The quantitative estimate of drug-likeness (QED) is 0.630. The molecule has 1 atom stereocenters. The topological polar surface area (TPSA) is 54.9 Å². The average Bonchev–Trinajstić information content (AvgIpc) is 3.41. The minimum atomic E-state index is -0.336. The lowest BCUT2D eigenvalue weighted by atomic mass is 10.1. The Kier molecular flexibility index (Phi) is 4.81. The summed E-state index contributed by atoms with van der Waals surface area (Å²) >= 11 is 3.03. The maximum absolute atomic E-state index is 12.9. The number of aromatic nitrogens is 2. The van der Waals surface area contributed by atoms with E-state index in [2.05, 4.69) is 15.5 Å². The van der Waals surface area contributed by atoms with Crippen molar-refractivity contribution in [1.29, 1.82) is 0 Å². The molecule has 1 unspecified atom stereocenters. The van der Waals surface area contributed by atoms with Crippen LogP contribution in [0.3, 0.4) is 0 Å². The van der Waals surface area contributed by atoms with Crippen LogP contribution in [-0.2, 0) is 4.79 Å². The van der Waals surface area contributed by atoms with Gasteiger partial charge in [-0.15, -0.1) is 22.0 Å². The van der Waals surface area contributed by atoms with Gasteiger partial charge in [-0.2, -0.15) is 0 Å². The van der Waals surface area contributed by atoms with E-state index in [1.807, 2.05) is 60.7 Å². The highest BCUT2D eigenvalue weighted by molar-refractivity contribution is 8.00. The van der Waals surface area contributed by atoms with Crippen molar-refractivity contribution in [2.24, 2.45) is 0 Å². The fourth-order valence-electron chi connectivity index (χ4n) is 2.49. The maximum atomic E-state index is 12.9. The summed E-state index contributed by atoms with van der Waals surface area (Å²) in [5.41, 5.74) is 0.973. The summed E-state index contributed by atoms with van der Waals surface area (Å²) in [5.74, 6) is 0.477. The summed E-state index contributed by atoms with van der Waals surface area (Å²) in [6, 6.07) is 19.8. The smallest absolute Gasteiger partial charge is 0.244 e. The van der Waals surface area contributed by atoms with Gasteiger partial charge in [0, 0.05) is 10.8 Å². The molecule has 6 heteroatoms. The standard InChI is InChI=1S/C19H17N3OS2/c23-17(20-19-22-21-18(25-19)14-11-12-14)16(13-7-3-1-4-8-13)24-15-9-5-2-6-10-15/h1-10,14,16H,11-12H2,(H,20,22,23). The molecule has 1 N–H and O–H groups in total. The largest absolute Gasteiger partial charge is 0.299 e. The molecule has 4 nitrogen and oxygen atoms in total. The summed E-state index contributed by atoms with van der Waals surface area (Å²) < 4.78 is 0. The third kappa shape index (κ3) is 4.08. The average molecular weight is 367 g/mol. The van der Waals surface area contributed by atoms with Crippen LogP contribution in [0.2, 0.25) is 0 Å². The monoisotopic (exact) mass is 367 g/mol. The highest BCUT2D eigenvalue weighted by Gasteiger charge is 2.28. The van der Waals surface area contributed by atoms with Gasteiger partial charge in [0.1, 0.15) is 10.3 Å². The summed E-state index contributed by atoms with van der Waals surface area (Å²) in [6.45, 7) is 0. The van der Waals surface area contributed by atoms with Crippen molar-refractivity contribution >= 4 is 34.1 Å². The van der Waals surface area contributed by atoms with E-state index in [0.717, 1.165) is 15.5 Å². The van der Waals surface area contributed by atoms with Crippen LogP contribution >= 0.6 is 23.1 Å². The zero-order valence-electron chi connectivity index (χ0n) is 13.5. The third-order valence-corrected chi connectivity index (χ3v) is 6.20. The Balaban J connectivity index is 1.54. The van der Waals surface area contributed by atoms with Crippen molar-refractivity contribution in [3.05, 3.63) is 71.2 Å². The molecule has 0 aliphatic heterocycles. The summed E-state index contributed by atoms with van der Waals surface area (Å²) in [4.78, 5) is 14.0. The van der Waals surface area contributed by atoms with E-state index < -0.39 is 0 Å². The SMILES string of the molecule is O=C(Nc1nnc(C2CC2)s1)C(Sc1ccccc1)c1ccccc1. The van der Waals surface area contributed by atoms with E-state index in [1.54, 1.807) is 0 Å². The van der Waals surface area contributed by atoms with Crippen molar-refractivity contribution in [3.8, 4) is 0 Å². The molecular weight excluding hydrogens is 350 g/mol. The maximum Gasteiger partial charge on any atom is 0.244 e. The molecule has 2 aromatic carbocycles. The Labute approximate surface area is 154 Å². The number of amides is 1. The highest BCUT2D eigenvalue weighted by Crippen LogP contribution is 2.42. The van der Waals surface area contributed by atoms with Crippen LogP contribution in [0.1, 0.15) is 34.6 Å². The lowest BCUT2D eigenvalue weighted by Gasteiger charge is -2.16. The van der Waals surface area contributed by atoms with Crippen molar-refractivity contribution in [3.63, 3.8) is 0 Å². The zero-order valence-corrected chi connectivity index (χ0v) is 15.1. The molecule has 3 aromatic rings. The second kappa shape index (κ2) is 7.37. The van der Waals surface area contributed by atoms with Crippen LogP contribution in [-0.4, -0.2) is 16.1 Å². The van der Waals surface area contributed by atoms with E-state index in [4.69, 9.17) is 0 Å². The number of rotatable bonds is 6. The Morgan fingerprint density at radius 1 is 1.04 bits per heavy atom. The van der Waals surface area contributed by atoms with Gasteiger partial charge < -0.3 is 0 Å². The molecule has 126 valence electrons. The number of benzene rings is 2. The number of hydrogen-bond donors (Lipinski definition) is 1. The molecule has 1 heterocycles. The van der Waals surface area contributed by atoms with Crippen LogP contribution in [0.4, 0.5) is 5.13 Å². The molecule has 0 spiro atoms. The first-order chi connectivity index (χ1) is 12.3. The van der Waals surface area contributed by atoms with E-state index in [1.165, 1.54) is 35.9 Å². The molecule has 0 bridgehead atoms. The first kappa shape index (κ1) is 16.3. The molecule has 25 heavy (non-hydrogen) atoms. The molecule has 1 aromatic heterocycles. The second-order valence-corrected chi connectivity index (χ2v) is 8.12. The molecule has 1 aliphatic carbocycles. The molecule has 0 saturated heterocycles. The van der Waals surface area contributed by atoms with E-state index in [0.29, 0.717) is 11.0 Å². The molecular formula is C19H17N3OS2. The number of nitrogens with one attached hydrogen (secondary N) is 1. The van der Waals surface area contributed by atoms with Gasteiger partial charge in [0.05, 0.1) is 0 Å². The van der Waals surface area contributed by atoms with Crippen LogP contribution in [0.5, 0.6) is 0 Å². The summed E-state index contributed by atoms with van der Waals surface area (Å²) in [5, 5.41) is 12.5. The number of thioether (sulfide) groups is 1. The molecule has 1 saturated carbocycles. The second-order valence-electron chi connectivity index (χ2n) is 5.93. The number of nitrogens with zero attached hydrogens (tertiary/aromatic N) is 2. The predicted octanol–water partition coefficient (Wildman–Crippen LogP) is 4.89. The number of carbonyl (C=O) groups excluding carboxylic acids is 1. The van der Waals surface area contributed by atoms with E-state index in [9.17, 15) is 4.79 Å². The first-order valence-electron chi connectivity index (χ1n) is 8.20. The van der Waals surface area contributed by atoms with Crippen LogP contribution < -0.4 is 5.32 Å². The number of hydrogen-bond acceptors (Lipinski definition) is 5. The third-order valence-electron chi connectivity index (χ3n) is 3.93. The number of carbonyl (C=O) groups is 1. The molecule has 4 rings (SSSR count). The fraction of sp³-hybridized carbons (Fsp3) is 0.211. The minimum absolute atomic E-state index is 0.0708. The van der Waals surface area contributed by atoms with E-state index >= 15 is 0 Å². The van der Waals surface area contributed by atoms with Crippen molar-refractivity contribution in [2.75, 3.05) is 5.32 Å². The molecule has 0 radical (unpaired) electrons. The van der Waals surface area contributed by atoms with Gasteiger partial charge in [0.15, 0.2) is 0 Å². The Hall–Kier alpha value is -2.18. The molecule has 1 aliphatic rings. The van der Waals surface area contributed by atoms with Crippen LogP contribution in [0.25, 0.3) is 0 Å². The van der Waals surface area contributed by atoms with Crippen molar-refractivity contribution in [1.82, 2.24) is 10.2 Å². The van der Waals surface area contributed by atoms with Crippen molar-refractivity contribution in [2.45, 2.75) is 28.9 Å². The lowest BCUT2D eigenvalue weighted by Crippen LogP contribution is -2.18. The van der Waals surface area contributed by atoms with Gasteiger partial charge in [-0.1, -0.05) is 59.9 Å². The normalized spacial score (nSPS) is 14.9. The van der Waals surface area contributed by atoms with Gasteiger partial charge in [-0.3, -0.25) is 10.1 Å². The van der Waals surface area contributed by atoms with Crippen molar-refractivity contribution < 1.29 is 4.79 Å². The van der Waals surface area contributed by atoms with Gasteiger partial charge >= 0.3 is 0 Å². The molecule has 1 amide bonds. The van der Waals surface area contributed by atoms with Gasteiger partial charge in [0.25, 0.3) is 0 Å². The Morgan fingerprint density at radius 3 is 2.40 bits per heavy atom. The first-order valence-corrected chi connectivity index (χ1v) is 9.90. The summed E-state index contributed by atoms with van der Waals surface area (Å²) in [6.07, 6.45) is 2.36. The van der Waals surface area contributed by atoms with Crippen LogP contribution in [0, 0.1) is 0 Å².